The van der Waals surface area contributed by atoms with Crippen molar-refractivity contribution in [3.05, 3.63) is 87.6 Å². The van der Waals surface area contributed by atoms with Crippen LogP contribution >= 0.6 is 23.4 Å². The highest BCUT2D eigenvalue weighted by molar-refractivity contribution is 8.00. The molecule has 0 spiro atoms. The highest BCUT2D eigenvalue weighted by Crippen LogP contribution is 2.36. The van der Waals surface area contributed by atoms with E-state index in [0.29, 0.717) is 17.2 Å². The number of hydrogen-bond donors (Lipinski definition) is 1. The number of carbonyl (C=O) groups is 2. The highest BCUT2D eigenvalue weighted by Gasteiger charge is 2.28. The Balaban J connectivity index is 1.59. The molecular formula is C22H14ClF4N3O2S. The van der Waals surface area contributed by atoms with Gasteiger partial charge >= 0.3 is 0 Å². The first-order chi connectivity index (χ1) is 15.7. The van der Waals surface area contributed by atoms with Crippen molar-refractivity contribution < 1.29 is 27.2 Å². The zero-order valence-electron chi connectivity index (χ0n) is 16.7. The number of halogens is 5. The van der Waals surface area contributed by atoms with Crippen LogP contribution in [0.2, 0.25) is 5.02 Å². The molecule has 1 aromatic heterocycles. The van der Waals surface area contributed by atoms with Crippen molar-refractivity contribution in [1.82, 2.24) is 10.3 Å². The second-order valence-corrected chi connectivity index (χ2v) is 8.42. The van der Waals surface area contributed by atoms with Gasteiger partial charge in [0, 0.05) is 41.0 Å². The number of nitrogens with one attached hydrogen (secondary N) is 1. The lowest BCUT2D eigenvalue weighted by atomic mass is 10.1. The van der Waals surface area contributed by atoms with E-state index in [2.05, 4.69) is 10.3 Å². The van der Waals surface area contributed by atoms with Gasteiger partial charge in [0.05, 0.1) is 23.5 Å². The van der Waals surface area contributed by atoms with Crippen LogP contribution in [0.15, 0.2) is 47.6 Å². The molecule has 1 aliphatic heterocycles. The number of anilines is 1. The van der Waals surface area contributed by atoms with Crippen LogP contribution in [0, 0.1) is 23.3 Å². The molecule has 0 radical (unpaired) electrons. The minimum Gasteiger partial charge on any atom is -0.348 e. The molecule has 0 atom stereocenters. The van der Waals surface area contributed by atoms with Gasteiger partial charge in [0.1, 0.15) is 28.3 Å². The van der Waals surface area contributed by atoms with Gasteiger partial charge in [-0.25, -0.2) is 22.5 Å². The first kappa shape index (κ1) is 23.1. The Morgan fingerprint density at radius 1 is 1.09 bits per heavy atom. The van der Waals surface area contributed by atoms with E-state index < -0.39 is 41.3 Å². The lowest BCUT2D eigenvalue weighted by Crippen LogP contribution is -2.36. The third-order valence-electron chi connectivity index (χ3n) is 4.93. The third kappa shape index (κ3) is 4.81. The van der Waals surface area contributed by atoms with Crippen molar-refractivity contribution in [3.8, 4) is 0 Å². The Kier molecular flexibility index (Phi) is 6.57. The maximum Gasteiger partial charge on any atom is 0.253 e. The average Bonchev–Trinajstić information content (AvgIpc) is 2.76. The maximum atomic E-state index is 14.3. The van der Waals surface area contributed by atoms with Crippen molar-refractivity contribution in [2.24, 2.45) is 0 Å². The largest absolute Gasteiger partial charge is 0.348 e. The van der Waals surface area contributed by atoms with E-state index in [1.165, 1.54) is 35.4 Å². The van der Waals surface area contributed by atoms with E-state index in [9.17, 15) is 27.2 Å². The summed E-state index contributed by atoms with van der Waals surface area (Å²) in [6, 6.07) is 6.58. The summed E-state index contributed by atoms with van der Waals surface area (Å²) in [5.41, 5.74) is -0.0984. The highest BCUT2D eigenvalue weighted by atomic mass is 35.5. The van der Waals surface area contributed by atoms with Gasteiger partial charge in [-0.2, -0.15) is 0 Å². The number of hydrogen-bond acceptors (Lipinski definition) is 4. The number of amides is 2. The van der Waals surface area contributed by atoms with Crippen molar-refractivity contribution in [1.29, 1.82) is 0 Å². The number of nitrogens with zero attached hydrogens (tertiary/aromatic N) is 2. The molecule has 33 heavy (non-hydrogen) atoms. The number of benzene rings is 2. The minimum atomic E-state index is -1.13. The Morgan fingerprint density at radius 3 is 2.52 bits per heavy atom. The Morgan fingerprint density at radius 2 is 1.82 bits per heavy atom. The predicted molar refractivity (Wildman–Crippen MR) is 115 cm³/mol. The molecule has 0 aliphatic carbocycles. The summed E-state index contributed by atoms with van der Waals surface area (Å²) in [5, 5.41) is 2.94. The van der Waals surface area contributed by atoms with Crippen LogP contribution in [0.5, 0.6) is 0 Å². The summed E-state index contributed by atoms with van der Waals surface area (Å²) in [6.45, 7) is -0.702. The Hall–Kier alpha value is -3.11. The van der Waals surface area contributed by atoms with Crippen LogP contribution in [0.1, 0.15) is 21.5 Å². The number of carbonyl (C=O) groups excluding carboxylic acids is 2. The molecule has 0 saturated carbocycles. The summed E-state index contributed by atoms with van der Waals surface area (Å²) in [6.07, 6.45) is 1.25. The van der Waals surface area contributed by atoms with Crippen LogP contribution in [0.4, 0.5) is 23.2 Å². The molecule has 1 N–H and O–H groups in total. The maximum absolute atomic E-state index is 14.3. The van der Waals surface area contributed by atoms with Gasteiger partial charge in [-0.3, -0.25) is 9.59 Å². The first-order valence-electron chi connectivity index (χ1n) is 9.52. The summed E-state index contributed by atoms with van der Waals surface area (Å²) < 4.78 is 55.0. The summed E-state index contributed by atoms with van der Waals surface area (Å²) in [7, 11) is 0. The van der Waals surface area contributed by atoms with E-state index >= 15 is 0 Å². The standard InChI is InChI=1S/C22H14ClF4N3O2S/c23-15-2-1-3-16(25)14(15)9-30-19-4-11(7-29-22(19)33-10-20(30)31)21(32)28-8-13-17(26)5-12(24)6-18(13)27/h1-7H,8-10H2,(H,28,32). The van der Waals surface area contributed by atoms with Gasteiger partial charge in [-0.15, -0.1) is 0 Å². The smallest absolute Gasteiger partial charge is 0.253 e. The van der Waals surface area contributed by atoms with Crippen LogP contribution < -0.4 is 10.2 Å². The molecule has 0 unspecified atom stereocenters. The predicted octanol–water partition coefficient (Wildman–Crippen LogP) is 4.86. The quantitative estimate of drug-likeness (QED) is 0.514. The molecule has 5 nitrogen and oxygen atoms in total. The molecule has 2 heterocycles. The number of rotatable bonds is 5. The lowest BCUT2D eigenvalue weighted by molar-refractivity contribution is -0.116. The van der Waals surface area contributed by atoms with Gasteiger partial charge < -0.3 is 10.2 Å². The van der Waals surface area contributed by atoms with Crippen molar-refractivity contribution in [2.45, 2.75) is 18.1 Å². The summed E-state index contributed by atoms with van der Waals surface area (Å²) in [5.74, 6) is -4.91. The minimum absolute atomic E-state index is 0.0107. The number of pyridine rings is 1. The van der Waals surface area contributed by atoms with Crippen molar-refractivity contribution in [2.75, 3.05) is 10.7 Å². The van der Waals surface area contributed by atoms with E-state index in [1.807, 2.05) is 0 Å². The molecule has 170 valence electrons. The summed E-state index contributed by atoms with van der Waals surface area (Å²) in [4.78, 5) is 30.6. The van der Waals surface area contributed by atoms with Gasteiger partial charge in [0.15, 0.2) is 0 Å². The molecule has 0 fully saturated rings. The first-order valence-corrected chi connectivity index (χ1v) is 10.9. The molecule has 2 aromatic carbocycles. The van der Waals surface area contributed by atoms with Crippen molar-refractivity contribution >= 4 is 40.9 Å². The second kappa shape index (κ2) is 9.40. The number of fused-ring (bicyclic) bond motifs is 1. The zero-order valence-corrected chi connectivity index (χ0v) is 18.2. The fourth-order valence-electron chi connectivity index (χ4n) is 3.24. The summed E-state index contributed by atoms with van der Waals surface area (Å²) >= 11 is 7.25. The van der Waals surface area contributed by atoms with Gasteiger partial charge in [-0.05, 0) is 18.2 Å². The van der Waals surface area contributed by atoms with Crippen LogP contribution in [-0.2, 0) is 17.9 Å². The molecule has 4 rings (SSSR count). The molecule has 0 bridgehead atoms. The molecule has 1 aliphatic rings. The molecule has 3 aromatic rings. The number of thioether (sulfide) groups is 1. The monoisotopic (exact) mass is 495 g/mol. The van der Waals surface area contributed by atoms with E-state index in [-0.39, 0.29) is 40.0 Å². The van der Waals surface area contributed by atoms with Crippen LogP contribution in [0.3, 0.4) is 0 Å². The van der Waals surface area contributed by atoms with E-state index in [4.69, 9.17) is 11.6 Å². The average molecular weight is 496 g/mol. The molecule has 11 heteroatoms. The van der Waals surface area contributed by atoms with Crippen molar-refractivity contribution in [3.63, 3.8) is 0 Å². The molecular weight excluding hydrogens is 482 g/mol. The van der Waals surface area contributed by atoms with Crippen LogP contribution in [-0.4, -0.2) is 22.6 Å². The second-order valence-electron chi connectivity index (χ2n) is 7.05. The topological polar surface area (TPSA) is 62.3 Å². The lowest BCUT2D eigenvalue weighted by Gasteiger charge is -2.29. The fourth-order valence-corrected chi connectivity index (χ4v) is 4.32. The Bertz CT molecular complexity index is 1230. The zero-order chi connectivity index (χ0) is 23.7. The molecule has 2 amide bonds. The fraction of sp³-hybridized carbons (Fsp3) is 0.136. The van der Waals surface area contributed by atoms with E-state index in [0.717, 1.165) is 11.8 Å². The van der Waals surface area contributed by atoms with Gasteiger partial charge in [0.25, 0.3) is 5.91 Å². The Labute approximate surface area is 194 Å². The SMILES string of the molecule is O=C(NCc1c(F)cc(F)cc1F)c1cnc2c(c1)N(Cc1c(F)cccc1Cl)C(=O)CS2. The van der Waals surface area contributed by atoms with Gasteiger partial charge in [-0.1, -0.05) is 29.4 Å². The molecule has 0 saturated heterocycles. The van der Waals surface area contributed by atoms with E-state index in [1.54, 1.807) is 0 Å². The van der Waals surface area contributed by atoms with Gasteiger partial charge in [0.2, 0.25) is 5.91 Å². The normalized spacial score (nSPS) is 13.1. The van der Waals surface area contributed by atoms with Crippen LogP contribution in [0.25, 0.3) is 0 Å². The number of aromatic nitrogens is 1. The third-order valence-corrected chi connectivity index (χ3v) is 6.26.